The Hall–Kier alpha value is -2.00. The maximum absolute atomic E-state index is 12.5. The number of para-hydroxylation sites is 1. The molecule has 0 aliphatic carbocycles. The molecule has 0 aromatic heterocycles. The van der Waals surface area contributed by atoms with Crippen LogP contribution in [0.15, 0.2) is 24.3 Å². The summed E-state index contributed by atoms with van der Waals surface area (Å²) in [5.74, 6) is -1.68. The summed E-state index contributed by atoms with van der Waals surface area (Å²) in [4.78, 5) is 21.4. The monoisotopic (exact) mass is 438 g/mol. The summed E-state index contributed by atoms with van der Waals surface area (Å²) in [5, 5.41) is 14.2. The summed E-state index contributed by atoms with van der Waals surface area (Å²) >= 11 is 6.07. The van der Waals surface area contributed by atoms with Crippen molar-refractivity contribution in [2.24, 2.45) is 11.3 Å². The molecule has 1 saturated heterocycles. The number of hydrogen-bond donors (Lipinski definition) is 3. The lowest BCUT2D eigenvalue weighted by Crippen LogP contribution is -2.52. The van der Waals surface area contributed by atoms with Gasteiger partial charge in [-0.05, 0) is 51.4 Å². The first-order chi connectivity index (χ1) is 13.3. The third-order valence-corrected chi connectivity index (χ3v) is 4.70. The van der Waals surface area contributed by atoms with Crippen molar-refractivity contribution in [2.45, 2.75) is 39.4 Å². The summed E-state index contributed by atoms with van der Waals surface area (Å²) in [5.41, 5.74) is -0.607. The molecule has 3 N–H and O–H groups in total. The quantitative estimate of drug-likeness (QED) is 0.655. The minimum absolute atomic E-state index is 0.0262. The average Bonchev–Trinajstić information content (AvgIpc) is 2.62. The molecular formula is C19H26ClF3N2O4. The number of aliphatic carboxylic acids is 1. The number of piperidine rings is 1. The highest BCUT2D eigenvalue weighted by molar-refractivity contribution is 6.32. The molecule has 0 radical (unpaired) electrons. The molecule has 1 aromatic carbocycles. The van der Waals surface area contributed by atoms with Crippen LogP contribution in [-0.4, -0.2) is 48.9 Å². The Labute approximate surface area is 172 Å². The molecule has 1 aliphatic heterocycles. The maximum Gasteiger partial charge on any atom is 0.490 e. The van der Waals surface area contributed by atoms with E-state index in [1.807, 2.05) is 32.0 Å². The Morgan fingerprint density at radius 2 is 1.90 bits per heavy atom. The van der Waals surface area contributed by atoms with E-state index in [2.05, 4.69) is 17.6 Å². The number of carbonyl (C=O) groups is 2. The predicted octanol–water partition coefficient (Wildman–Crippen LogP) is 3.49. The zero-order chi connectivity index (χ0) is 22.2. The predicted molar refractivity (Wildman–Crippen MR) is 103 cm³/mol. The lowest BCUT2D eigenvalue weighted by molar-refractivity contribution is -0.192. The molecule has 1 heterocycles. The van der Waals surface area contributed by atoms with Crippen LogP contribution in [0.2, 0.25) is 5.02 Å². The van der Waals surface area contributed by atoms with Crippen molar-refractivity contribution in [3.05, 3.63) is 29.3 Å². The van der Waals surface area contributed by atoms with Gasteiger partial charge in [-0.1, -0.05) is 30.7 Å². The largest absolute Gasteiger partial charge is 0.491 e. The Morgan fingerprint density at radius 3 is 2.41 bits per heavy atom. The van der Waals surface area contributed by atoms with Crippen LogP contribution < -0.4 is 15.4 Å². The number of carboxylic acids is 1. The second kappa shape index (κ2) is 10.7. The summed E-state index contributed by atoms with van der Waals surface area (Å²) in [7, 11) is 0. The van der Waals surface area contributed by atoms with Crippen LogP contribution in [0.1, 0.15) is 27.2 Å². The van der Waals surface area contributed by atoms with E-state index < -0.39 is 17.6 Å². The Kier molecular flexibility index (Phi) is 9.22. The first kappa shape index (κ1) is 25.0. The number of carboxylic acid groups (broad SMARTS) is 1. The van der Waals surface area contributed by atoms with Crippen LogP contribution in [0.4, 0.5) is 13.2 Å². The van der Waals surface area contributed by atoms with Crippen molar-refractivity contribution >= 4 is 23.5 Å². The van der Waals surface area contributed by atoms with E-state index in [1.54, 1.807) is 6.07 Å². The van der Waals surface area contributed by atoms with Gasteiger partial charge in [-0.15, -0.1) is 0 Å². The molecule has 2 rings (SSSR count). The lowest BCUT2D eigenvalue weighted by atomic mass is 9.90. The number of benzene rings is 1. The number of ether oxygens (including phenoxy) is 1. The Morgan fingerprint density at radius 1 is 1.31 bits per heavy atom. The Balaban J connectivity index is 0.000000516. The van der Waals surface area contributed by atoms with Crippen molar-refractivity contribution < 1.29 is 32.6 Å². The molecule has 0 spiro atoms. The normalized spacial score (nSPS) is 19.6. The van der Waals surface area contributed by atoms with Gasteiger partial charge in [0, 0.05) is 6.04 Å². The van der Waals surface area contributed by atoms with Crippen molar-refractivity contribution in [3.63, 3.8) is 0 Å². The topological polar surface area (TPSA) is 87.7 Å². The van der Waals surface area contributed by atoms with Crippen LogP contribution in [0, 0.1) is 11.3 Å². The number of rotatable bonds is 5. The highest BCUT2D eigenvalue weighted by Gasteiger charge is 2.38. The smallest absolute Gasteiger partial charge is 0.490 e. The van der Waals surface area contributed by atoms with Crippen molar-refractivity contribution in [2.75, 3.05) is 19.7 Å². The number of nitrogens with one attached hydrogen (secondary N) is 2. The van der Waals surface area contributed by atoms with Gasteiger partial charge in [-0.3, -0.25) is 4.79 Å². The number of hydrogen-bond acceptors (Lipinski definition) is 4. The zero-order valence-electron chi connectivity index (χ0n) is 16.5. The second-order valence-corrected chi connectivity index (χ2v) is 7.86. The molecule has 1 amide bonds. The van der Waals surface area contributed by atoms with Crippen molar-refractivity contribution in [1.82, 2.24) is 10.6 Å². The third-order valence-electron chi connectivity index (χ3n) is 4.38. The van der Waals surface area contributed by atoms with Gasteiger partial charge in [0.15, 0.2) is 0 Å². The van der Waals surface area contributed by atoms with Gasteiger partial charge in [0.2, 0.25) is 5.91 Å². The van der Waals surface area contributed by atoms with Crippen molar-refractivity contribution in [3.8, 4) is 5.75 Å². The molecule has 10 heteroatoms. The summed E-state index contributed by atoms with van der Waals surface area (Å²) < 4.78 is 37.5. The van der Waals surface area contributed by atoms with Crippen LogP contribution in [0.3, 0.4) is 0 Å². The van der Waals surface area contributed by atoms with E-state index in [-0.39, 0.29) is 11.9 Å². The molecule has 6 nitrogen and oxygen atoms in total. The van der Waals surface area contributed by atoms with Gasteiger partial charge in [0.25, 0.3) is 0 Å². The SMILES string of the molecule is C[C@H]1CNCC[C@@H]1NC(=O)C(C)(C)COc1ccccc1Cl.O=C(O)C(F)(F)F. The minimum Gasteiger partial charge on any atom is -0.491 e. The fourth-order valence-corrected chi connectivity index (χ4v) is 2.67. The minimum atomic E-state index is -5.08. The van der Waals surface area contributed by atoms with Gasteiger partial charge in [-0.2, -0.15) is 13.2 Å². The maximum atomic E-state index is 12.5. The van der Waals surface area contributed by atoms with E-state index >= 15 is 0 Å². The molecule has 0 unspecified atom stereocenters. The summed E-state index contributed by atoms with van der Waals surface area (Å²) in [6.45, 7) is 8.13. The first-order valence-electron chi connectivity index (χ1n) is 9.03. The van der Waals surface area contributed by atoms with Gasteiger partial charge in [-0.25, -0.2) is 4.79 Å². The highest BCUT2D eigenvalue weighted by Crippen LogP contribution is 2.26. The fourth-order valence-electron chi connectivity index (χ4n) is 2.48. The van der Waals surface area contributed by atoms with E-state index in [4.69, 9.17) is 26.2 Å². The molecule has 0 bridgehead atoms. The molecule has 0 saturated carbocycles. The zero-order valence-corrected chi connectivity index (χ0v) is 17.2. The van der Waals surface area contributed by atoms with Crippen molar-refractivity contribution in [1.29, 1.82) is 0 Å². The highest BCUT2D eigenvalue weighted by atomic mass is 35.5. The third kappa shape index (κ3) is 8.49. The second-order valence-electron chi connectivity index (χ2n) is 7.46. The number of amides is 1. The van der Waals surface area contributed by atoms with E-state index in [0.717, 1.165) is 19.5 Å². The number of alkyl halides is 3. The van der Waals surface area contributed by atoms with Crippen LogP contribution >= 0.6 is 11.6 Å². The van der Waals surface area contributed by atoms with E-state index in [1.165, 1.54) is 0 Å². The lowest BCUT2D eigenvalue weighted by Gasteiger charge is -2.33. The Bertz CT molecular complexity index is 698. The van der Waals surface area contributed by atoms with E-state index in [0.29, 0.717) is 23.3 Å². The molecule has 1 fully saturated rings. The van der Waals surface area contributed by atoms with Crippen LogP contribution in [0.5, 0.6) is 5.75 Å². The molecule has 2 atom stereocenters. The average molecular weight is 439 g/mol. The molecule has 1 aromatic rings. The number of halogens is 4. The first-order valence-corrected chi connectivity index (χ1v) is 9.41. The summed E-state index contributed by atoms with van der Waals surface area (Å²) in [6, 6.07) is 7.54. The van der Waals surface area contributed by atoms with Gasteiger partial charge in [0.1, 0.15) is 12.4 Å². The molecular weight excluding hydrogens is 413 g/mol. The van der Waals surface area contributed by atoms with Crippen LogP contribution in [0.25, 0.3) is 0 Å². The van der Waals surface area contributed by atoms with E-state index in [9.17, 15) is 18.0 Å². The molecule has 1 aliphatic rings. The van der Waals surface area contributed by atoms with Gasteiger partial charge < -0.3 is 20.5 Å². The van der Waals surface area contributed by atoms with Gasteiger partial charge in [0.05, 0.1) is 10.4 Å². The standard InChI is InChI=1S/C17H25ClN2O2.C2HF3O2/c1-12-10-19-9-8-14(12)20-16(21)17(2,3)11-22-15-7-5-4-6-13(15)18;3-2(4,5)1(6)7/h4-7,12,14,19H,8-11H2,1-3H3,(H,20,21);(H,6,7)/t12-,14-;/m0./s1. The molecule has 164 valence electrons. The van der Waals surface area contributed by atoms with Crippen LogP contribution in [-0.2, 0) is 9.59 Å². The fraction of sp³-hybridized carbons (Fsp3) is 0.579. The van der Waals surface area contributed by atoms with Gasteiger partial charge >= 0.3 is 12.1 Å². The number of carbonyl (C=O) groups excluding carboxylic acids is 1. The molecule has 29 heavy (non-hydrogen) atoms. The summed E-state index contributed by atoms with van der Waals surface area (Å²) in [6.07, 6.45) is -4.12.